The van der Waals surface area contributed by atoms with Crippen LogP contribution in [-0.4, -0.2) is 49.0 Å². The van der Waals surface area contributed by atoms with Crippen molar-refractivity contribution in [1.82, 2.24) is 19.3 Å². The normalized spacial score (nSPS) is 11.2. The van der Waals surface area contributed by atoms with E-state index in [1.165, 1.54) is 33.6 Å². The van der Waals surface area contributed by atoms with Gasteiger partial charge in [-0.15, -0.1) is 22.7 Å². The van der Waals surface area contributed by atoms with Crippen LogP contribution in [0.2, 0.25) is 0 Å². The molecule has 0 radical (unpaired) electrons. The average Bonchev–Trinajstić information content (AvgIpc) is 3.55. The Labute approximate surface area is 223 Å². The van der Waals surface area contributed by atoms with Crippen LogP contribution in [0.1, 0.15) is 9.88 Å². The SMILES string of the molecule is NCC(Cn1ncn(Cc2ccc(-c3ccc4nc(CC(N)=O)sc4c3)s2)c1=O)=C(F)F.O=C(O)C(F)(F)F. The number of thiophene rings is 1. The number of alkyl halides is 3. The molecular formula is C22H19F5N6O4S2. The second kappa shape index (κ2) is 12.3. The summed E-state index contributed by atoms with van der Waals surface area (Å²) in [4.78, 5) is 38.8. The predicted octanol–water partition coefficient (Wildman–Crippen LogP) is 3.20. The fourth-order valence-electron chi connectivity index (χ4n) is 3.11. The standard InChI is InChI=1S/C20H18F2N6O2S2.C2HF3O2/c21-19(22)12(7-23)8-28-20(30)27(10-25-28)9-13-2-4-15(31-13)11-1-3-14-16(5-11)32-18(26-14)6-17(24)29;3-2(4,5)1(6)7/h1-5,10H,6-9,23H2,(H2,24,29);(H,6,7). The molecule has 208 valence electrons. The van der Waals surface area contributed by atoms with Crippen LogP contribution in [0.3, 0.4) is 0 Å². The Bertz CT molecular complexity index is 1580. The lowest BCUT2D eigenvalue weighted by molar-refractivity contribution is -0.192. The lowest BCUT2D eigenvalue weighted by atomic mass is 10.2. The van der Waals surface area contributed by atoms with E-state index in [1.807, 2.05) is 30.3 Å². The van der Waals surface area contributed by atoms with Gasteiger partial charge in [0.15, 0.2) is 0 Å². The number of carbonyl (C=O) groups excluding carboxylic acids is 1. The van der Waals surface area contributed by atoms with E-state index in [9.17, 15) is 31.5 Å². The van der Waals surface area contributed by atoms with Crippen LogP contribution in [0.5, 0.6) is 0 Å². The summed E-state index contributed by atoms with van der Waals surface area (Å²) in [5.41, 5.74) is 11.5. The Morgan fingerprint density at radius 2 is 1.79 bits per heavy atom. The summed E-state index contributed by atoms with van der Waals surface area (Å²) >= 11 is 2.94. The second-order valence-corrected chi connectivity index (χ2v) is 10.1. The van der Waals surface area contributed by atoms with E-state index >= 15 is 0 Å². The molecule has 0 fully saturated rings. The van der Waals surface area contributed by atoms with Crippen LogP contribution < -0.4 is 17.2 Å². The van der Waals surface area contributed by atoms with Gasteiger partial charge in [0.2, 0.25) is 5.91 Å². The molecule has 0 atom stereocenters. The van der Waals surface area contributed by atoms with Crippen molar-refractivity contribution in [2.24, 2.45) is 11.5 Å². The van der Waals surface area contributed by atoms with Gasteiger partial charge in [0.05, 0.1) is 29.7 Å². The van der Waals surface area contributed by atoms with Crippen molar-refractivity contribution in [3.05, 3.63) is 68.7 Å². The highest BCUT2D eigenvalue weighted by Crippen LogP contribution is 2.32. The number of rotatable bonds is 8. The molecule has 1 aromatic carbocycles. The number of benzene rings is 1. The topological polar surface area (TPSA) is 159 Å². The van der Waals surface area contributed by atoms with Crippen molar-refractivity contribution in [2.75, 3.05) is 6.54 Å². The fourth-order valence-corrected chi connectivity index (χ4v) is 5.13. The first-order chi connectivity index (χ1) is 18.3. The minimum absolute atomic E-state index is 0.112. The molecule has 0 bridgehead atoms. The number of aliphatic carboxylic acids is 1. The van der Waals surface area contributed by atoms with E-state index in [0.717, 1.165) is 30.2 Å². The summed E-state index contributed by atoms with van der Waals surface area (Å²) < 4.78 is 60.7. The van der Waals surface area contributed by atoms with Gasteiger partial charge in [-0.1, -0.05) is 6.07 Å². The fraction of sp³-hybridized carbons (Fsp3) is 0.227. The monoisotopic (exact) mass is 590 g/mol. The van der Waals surface area contributed by atoms with Crippen LogP contribution in [0.4, 0.5) is 22.0 Å². The number of amides is 1. The number of carboxylic acid groups (broad SMARTS) is 1. The molecule has 1 amide bonds. The second-order valence-electron chi connectivity index (χ2n) is 7.77. The number of primary amides is 1. The number of hydrogen-bond acceptors (Lipinski definition) is 8. The molecule has 0 aliphatic rings. The largest absolute Gasteiger partial charge is 0.490 e. The van der Waals surface area contributed by atoms with E-state index in [4.69, 9.17) is 21.4 Å². The highest BCUT2D eigenvalue weighted by atomic mass is 32.1. The van der Waals surface area contributed by atoms with Gasteiger partial charge >= 0.3 is 17.8 Å². The number of carboxylic acids is 1. The van der Waals surface area contributed by atoms with Crippen LogP contribution in [0.25, 0.3) is 20.7 Å². The maximum Gasteiger partial charge on any atom is 0.490 e. The van der Waals surface area contributed by atoms with Crippen LogP contribution >= 0.6 is 22.7 Å². The van der Waals surface area contributed by atoms with Gasteiger partial charge in [-0.3, -0.25) is 9.36 Å². The number of fused-ring (bicyclic) bond motifs is 1. The summed E-state index contributed by atoms with van der Waals surface area (Å²) in [6.07, 6.45) is -5.53. The lowest BCUT2D eigenvalue weighted by Crippen LogP contribution is -2.27. The van der Waals surface area contributed by atoms with E-state index < -0.39 is 29.8 Å². The molecule has 4 aromatic rings. The first-order valence-electron chi connectivity index (χ1n) is 10.7. The first-order valence-corrected chi connectivity index (χ1v) is 12.3. The Hall–Kier alpha value is -3.96. The van der Waals surface area contributed by atoms with Crippen LogP contribution in [-0.2, 0) is 29.1 Å². The third-order valence-electron chi connectivity index (χ3n) is 4.92. The zero-order chi connectivity index (χ0) is 28.9. The number of nitrogens with zero attached hydrogens (tertiary/aromatic N) is 4. The maximum atomic E-state index is 12.8. The molecule has 0 spiro atoms. The Kier molecular flexibility index (Phi) is 9.31. The van der Waals surface area contributed by atoms with Gasteiger partial charge in [0.25, 0.3) is 6.08 Å². The first kappa shape index (κ1) is 29.6. The quantitative estimate of drug-likeness (QED) is 0.266. The van der Waals surface area contributed by atoms with E-state index in [2.05, 4.69) is 10.1 Å². The van der Waals surface area contributed by atoms with Gasteiger partial charge in [0.1, 0.15) is 11.3 Å². The average molecular weight is 591 g/mol. The molecule has 3 aromatic heterocycles. The minimum atomic E-state index is -5.08. The number of aromatic nitrogens is 4. The molecule has 0 saturated heterocycles. The maximum absolute atomic E-state index is 12.8. The highest BCUT2D eigenvalue weighted by molar-refractivity contribution is 7.18. The number of nitrogens with two attached hydrogens (primary N) is 2. The lowest BCUT2D eigenvalue weighted by Gasteiger charge is -2.02. The smallest absolute Gasteiger partial charge is 0.475 e. The van der Waals surface area contributed by atoms with E-state index in [1.54, 1.807) is 0 Å². The number of carbonyl (C=O) groups is 2. The molecule has 3 heterocycles. The van der Waals surface area contributed by atoms with E-state index in [-0.39, 0.29) is 31.6 Å². The van der Waals surface area contributed by atoms with Gasteiger partial charge in [-0.05, 0) is 29.8 Å². The predicted molar refractivity (Wildman–Crippen MR) is 133 cm³/mol. The Morgan fingerprint density at radius 1 is 1.10 bits per heavy atom. The van der Waals surface area contributed by atoms with Crippen LogP contribution in [0.15, 0.2) is 53.1 Å². The number of halogens is 5. The zero-order valence-electron chi connectivity index (χ0n) is 19.6. The molecule has 10 nitrogen and oxygen atoms in total. The third-order valence-corrected chi connectivity index (χ3v) is 7.06. The summed E-state index contributed by atoms with van der Waals surface area (Å²) in [6, 6.07) is 9.71. The molecule has 17 heteroatoms. The van der Waals surface area contributed by atoms with Crippen molar-refractivity contribution in [3.8, 4) is 10.4 Å². The molecule has 4 rings (SSSR count). The molecular weight excluding hydrogens is 571 g/mol. The Morgan fingerprint density at radius 3 is 2.38 bits per heavy atom. The van der Waals surface area contributed by atoms with Crippen molar-refractivity contribution in [1.29, 1.82) is 0 Å². The third kappa shape index (κ3) is 7.78. The van der Waals surface area contributed by atoms with Crippen molar-refractivity contribution in [3.63, 3.8) is 0 Å². The summed E-state index contributed by atoms with van der Waals surface area (Å²) in [7, 11) is 0. The molecule has 0 aliphatic heterocycles. The van der Waals surface area contributed by atoms with Gasteiger partial charge in [-0.2, -0.15) is 27.1 Å². The molecule has 5 N–H and O–H groups in total. The number of thiazole rings is 1. The molecule has 0 saturated carbocycles. The zero-order valence-corrected chi connectivity index (χ0v) is 21.2. The Balaban J connectivity index is 0.000000532. The van der Waals surface area contributed by atoms with Crippen molar-refractivity contribution >= 4 is 44.8 Å². The molecule has 0 aliphatic carbocycles. The van der Waals surface area contributed by atoms with Crippen molar-refractivity contribution < 1.29 is 36.6 Å². The van der Waals surface area contributed by atoms with Gasteiger partial charge in [0, 0.05) is 21.9 Å². The van der Waals surface area contributed by atoms with Crippen LogP contribution in [0, 0.1) is 0 Å². The minimum Gasteiger partial charge on any atom is -0.475 e. The van der Waals surface area contributed by atoms with E-state index in [0.29, 0.717) is 5.01 Å². The number of hydrogen-bond donors (Lipinski definition) is 3. The molecule has 0 unspecified atom stereocenters. The van der Waals surface area contributed by atoms with Gasteiger partial charge < -0.3 is 16.6 Å². The van der Waals surface area contributed by atoms with Crippen molar-refractivity contribution in [2.45, 2.75) is 25.7 Å². The summed E-state index contributed by atoms with van der Waals surface area (Å²) in [6.45, 7) is -0.411. The highest BCUT2D eigenvalue weighted by Gasteiger charge is 2.38. The molecule has 39 heavy (non-hydrogen) atoms. The summed E-state index contributed by atoms with van der Waals surface area (Å²) in [5, 5.41) is 11.7. The summed E-state index contributed by atoms with van der Waals surface area (Å²) in [5.74, 6) is -3.18. The van der Waals surface area contributed by atoms with Gasteiger partial charge in [-0.25, -0.2) is 19.3 Å².